The summed E-state index contributed by atoms with van der Waals surface area (Å²) in [6, 6.07) is 11.4. The summed E-state index contributed by atoms with van der Waals surface area (Å²) in [6.07, 6.45) is 0. The molecular formula is C18H18BrFN2O2. The first-order valence-corrected chi connectivity index (χ1v) is 8.21. The van der Waals surface area contributed by atoms with Gasteiger partial charge < -0.3 is 10.2 Å². The van der Waals surface area contributed by atoms with Crippen molar-refractivity contribution in [1.29, 1.82) is 0 Å². The molecule has 0 atom stereocenters. The molecule has 0 bridgehead atoms. The summed E-state index contributed by atoms with van der Waals surface area (Å²) in [5.74, 6) is -0.817. The Morgan fingerprint density at radius 3 is 2.42 bits per heavy atom. The predicted molar refractivity (Wildman–Crippen MR) is 95.2 cm³/mol. The van der Waals surface area contributed by atoms with E-state index in [-0.39, 0.29) is 30.7 Å². The maximum Gasteiger partial charge on any atom is 0.240 e. The predicted octanol–water partition coefficient (Wildman–Crippen LogP) is 3.57. The Balaban J connectivity index is 2.01. The highest BCUT2D eigenvalue weighted by molar-refractivity contribution is 9.10. The number of hydrogen-bond donors (Lipinski definition) is 1. The van der Waals surface area contributed by atoms with Gasteiger partial charge in [0.2, 0.25) is 11.8 Å². The van der Waals surface area contributed by atoms with E-state index in [2.05, 4.69) is 21.2 Å². The Morgan fingerprint density at radius 2 is 1.83 bits per heavy atom. The maximum atomic E-state index is 12.9. The van der Waals surface area contributed by atoms with Gasteiger partial charge in [0.1, 0.15) is 12.4 Å². The molecule has 2 aromatic rings. The van der Waals surface area contributed by atoms with Gasteiger partial charge in [0, 0.05) is 23.6 Å². The first-order chi connectivity index (χ1) is 11.4. The highest BCUT2D eigenvalue weighted by Crippen LogP contribution is 2.23. The number of aryl methyl sites for hydroxylation is 1. The Bertz CT molecular complexity index is 747. The minimum Gasteiger partial charge on any atom is -0.350 e. The Kier molecular flexibility index (Phi) is 6.09. The Morgan fingerprint density at radius 1 is 1.17 bits per heavy atom. The molecule has 0 radical (unpaired) electrons. The lowest BCUT2D eigenvalue weighted by molar-refractivity contribution is -0.123. The molecule has 0 aliphatic rings. The summed E-state index contributed by atoms with van der Waals surface area (Å²) >= 11 is 3.41. The van der Waals surface area contributed by atoms with E-state index in [1.54, 1.807) is 18.2 Å². The number of carbonyl (C=O) groups excluding carboxylic acids is 2. The van der Waals surface area contributed by atoms with E-state index in [1.165, 1.54) is 24.0 Å². The first-order valence-electron chi connectivity index (χ1n) is 7.42. The number of nitrogens with one attached hydrogen (secondary N) is 1. The van der Waals surface area contributed by atoms with Crippen LogP contribution in [0, 0.1) is 12.7 Å². The second-order valence-corrected chi connectivity index (χ2v) is 6.30. The Labute approximate surface area is 148 Å². The van der Waals surface area contributed by atoms with Crippen LogP contribution in [0.25, 0.3) is 0 Å². The maximum absolute atomic E-state index is 12.9. The van der Waals surface area contributed by atoms with Gasteiger partial charge in [0.15, 0.2) is 0 Å². The molecule has 6 heteroatoms. The molecular weight excluding hydrogens is 375 g/mol. The van der Waals surface area contributed by atoms with Crippen LogP contribution in [0.1, 0.15) is 18.1 Å². The normalized spacial score (nSPS) is 10.3. The van der Waals surface area contributed by atoms with Crippen molar-refractivity contribution in [3.8, 4) is 0 Å². The third-order valence-corrected chi connectivity index (χ3v) is 4.43. The minimum absolute atomic E-state index is 0.0718. The molecule has 0 unspecified atom stereocenters. The fraction of sp³-hybridized carbons (Fsp3) is 0.222. The molecule has 2 amide bonds. The summed E-state index contributed by atoms with van der Waals surface area (Å²) in [7, 11) is 0. The molecule has 2 aromatic carbocycles. The lowest BCUT2D eigenvalue weighted by Gasteiger charge is -2.21. The number of halogens is 2. The fourth-order valence-corrected chi connectivity index (χ4v) is 2.43. The van der Waals surface area contributed by atoms with Crippen molar-refractivity contribution in [1.82, 2.24) is 5.32 Å². The van der Waals surface area contributed by atoms with E-state index < -0.39 is 0 Å². The minimum atomic E-state index is -0.321. The summed E-state index contributed by atoms with van der Waals surface area (Å²) in [5, 5.41) is 2.73. The largest absolute Gasteiger partial charge is 0.350 e. The number of rotatable bonds is 5. The SMILES string of the molecule is CC(=O)N(CC(=O)NCc1ccc(F)cc1)c1ccc(Br)c(C)c1. The van der Waals surface area contributed by atoms with Gasteiger partial charge in [0.25, 0.3) is 0 Å². The monoisotopic (exact) mass is 392 g/mol. The van der Waals surface area contributed by atoms with Crippen molar-refractivity contribution < 1.29 is 14.0 Å². The van der Waals surface area contributed by atoms with E-state index in [1.807, 2.05) is 19.1 Å². The standard InChI is InChI=1S/C18H18BrFN2O2/c1-12-9-16(7-8-17(12)19)22(13(2)23)11-18(24)21-10-14-3-5-15(20)6-4-14/h3-9H,10-11H2,1-2H3,(H,21,24). The third kappa shape index (κ3) is 4.89. The van der Waals surface area contributed by atoms with Crippen LogP contribution < -0.4 is 10.2 Å². The van der Waals surface area contributed by atoms with Crippen LogP contribution in [0.15, 0.2) is 46.9 Å². The van der Waals surface area contributed by atoms with Crippen molar-refractivity contribution in [2.24, 2.45) is 0 Å². The first kappa shape index (κ1) is 18.1. The third-order valence-electron chi connectivity index (χ3n) is 3.54. The molecule has 0 heterocycles. The lowest BCUT2D eigenvalue weighted by atomic mass is 10.2. The summed E-state index contributed by atoms with van der Waals surface area (Å²) < 4.78 is 13.8. The molecule has 0 aliphatic carbocycles. The smallest absolute Gasteiger partial charge is 0.240 e. The van der Waals surface area contributed by atoms with Gasteiger partial charge >= 0.3 is 0 Å². The van der Waals surface area contributed by atoms with Crippen molar-refractivity contribution in [2.75, 3.05) is 11.4 Å². The van der Waals surface area contributed by atoms with E-state index in [0.29, 0.717) is 5.69 Å². The van der Waals surface area contributed by atoms with Crippen LogP contribution in [0.3, 0.4) is 0 Å². The topological polar surface area (TPSA) is 49.4 Å². The average molecular weight is 393 g/mol. The van der Waals surface area contributed by atoms with Gasteiger partial charge in [-0.15, -0.1) is 0 Å². The summed E-state index contributed by atoms with van der Waals surface area (Å²) in [4.78, 5) is 25.4. The number of nitrogens with zero attached hydrogens (tertiary/aromatic N) is 1. The average Bonchev–Trinajstić information content (AvgIpc) is 2.54. The zero-order valence-electron chi connectivity index (χ0n) is 13.5. The van der Waals surface area contributed by atoms with Crippen molar-refractivity contribution in [3.05, 3.63) is 63.9 Å². The number of anilines is 1. The zero-order chi connectivity index (χ0) is 17.7. The quantitative estimate of drug-likeness (QED) is 0.845. The molecule has 1 N–H and O–H groups in total. The van der Waals surface area contributed by atoms with Gasteiger partial charge in [0.05, 0.1) is 0 Å². The fourth-order valence-electron chi connectivity index (χ4n) is 2.18. The van der Waals surface area contributed by atoms with Crippen molar-refractivity contribution in [2.45, 2.75) is 20.4 Å². The molecule has 0 fully saturated rings. The van der Waals surface area contributed by atoms with E-state index in [4.69, 9.17) is 0 Å². The molecule has 0 aliphatic heterocycles. The van der Waals surface area contributed by atoms with Gasteiger partial charge in [-0.1, -0.05) is 28.1 Å². The van der Waals surface area contributed by atoms with Gasteiger partial charge in [-0.3, -0.25) is 9.59 Å². The second kappa shape index (κ2) is 8.06. The highest BCUT2D eigenvalue weighted by atomic mass is 79.9. The highest BCUT2D eigenvalue weighted by Gasteiger charge is 2.16. The van der Waals surface area contributed by atoms with Gasteiger partial charge in [-0.2, -0.15) is 0 Å². The molecule has 0 spiro atoms. The van der Waals surface area contributed by atoms with Gasteiger partial charge in [-0.25, -0.2) is 4.39 Å². The van der Waals surface area contributed by atoms with Crippen LogP contribution in [0.4, 0.5) is 10.1 Å². The van der Waals surface area contributed by atoms with Crippen LogP contribution in [-0.2, 0) is 16.1 Å². The van der Waals surface area contributed by atoms with E-state index in [0.717, 1.165) is 15.6 Å². The van der Waals surface area contributed by atoms with Crippen LogP contribution in [-0.4, -0.2) is 18.4 Å². The van der Waals surface area contributed by atoms with Gasteiger partial charge in [-0.05, 0) is 48.4 Å². The number of amides is 2. The molecule has 2 rings (SSSR count). The molecule has 126 valence electrons. The van der Waals surface area contributed by atoms with Crippen LogP contribution in [0.5, 0.6) is 0 Å². The second-order valence-electron chi connectivity index (χ2n) is 5.44. The summed E-state index contributed by atoms with van der Waals surface area (Å²) in [6.45, 7) is 3.55. The Hall–Kier alpha value is -2.21. The molecule has 0 saturated heterocycles. The van der Waals surface area contributed by atoms with Crippen LogP contribution >= 0.6 is 15.9 Å². The van der Waals surface area contributed by atoms with Crippen molar-refractivity contribution >= 4 is 33.4 Å². The van der Waals surface area contributed by atoms with Crippen molar-refractivity contribution in [3.63, 3.8) is 0 Å². The summed E-state index contributed by atoms with van der Waals surface area (Å²) in [5.41, 5.74) is 2.43. The molecule has 0 saturated carbocycles. The zero-order valence-corrected chi connectivity index (χ0v) is 15.1. The number of hydrogen-bond acceptors (Lipinski definition) is 2. The molecule has 24 heavy (non-hydrogen) atoms. The number of benzene rings is 2. The van der Waals surface area contributed by atoms with Crippen LogP contribution in [0.2, 0.25) is 0 Å². The lowest BCUT2D eigenvalue weighted by Crippen LogP contribution is -2.39. The van der Waals surface area contributed by atoms with E-state index in [9.17, 15) is 14.0 Å². The van der Waals surface area contributed by atoms with E-state index >= 15 is 0 Å². The molecule has 0 aromatic heterocycles. The number of carbonyl (C=O) groups is 2. The molecule has 4 nitrogen and oxygen atoms in total.